The van der Waals surface area contributed by atoms with Gasteiger partial charge < -0.3 is 14.6 Å². The van der Waals surface area contributed by atoms with Gasteiger partial charge in [-0.05, 0) is 37.2 Å². The molecule has 21 heavy (non-hydrogen) atoms. The third-order valence-corrected chi connectivity index (χ3v) is 3.52. The highest BCUT2D eigenvalue weighted by molar-refractivity contribution is 5.37. The summed E-state index contributed by atoms with van der Waals surface area (Å²) in [5, 5.41) is 3.31. The van der Waals surface area contributed by atoms with E-state index in [1.165, 1.54) is 5.56 Å². The highest BCUT2D eigenvalue weighted by Gasteiger charge is 2.08. The molecule has 0 saturated heterocycles. The van der Waals surface area contributed by atoms with Crippen LogP contribution in [0.15, 0.2) is 41.2 Å². The SMILES string of the molecule is CCNCc1ccc(OC)c(Cn2c(C)cccc2=O)c1. The van der Waals surface area contributed by atoms with E-state index in [2.05, 4.69) is 18.3 Å². The van der Waals surface area contributed by atoms with Crippen molar-refractivity contribution in [1.29, 1.82) is 0 Å². The fourth-order valence-electron chi connectivity index (χ4n) is 2.33. The van der Waals surface area contributed by atoms with Crippen LogP contribution in [0.3, 0.4) is 0 Å². The summed E-state index contributed by atoms with van der Waals surface area (Å²) in [6.07, 6.45) is 0. The third kappa shape index (κ3) is 3.73. The molecular weight excluding hydrogens is 264 g/mol. The molecular formula is C17H22N2O2. The van der Waals surface area contributed by atoms with Crippen LogP contribution in [0.25, 0.3) is 0 Å². The summed E-state index contributed by atoms with van der Waals surface area (Å²) < 4.78 is 7.18. The zero-order valence-electron chi connectivity index (χ0n) is 12.8. The fraction of sp³-hybridized carbons (Fsp3) is 0.353. The summed E-state index contributed by atoms with van der Waals surface area (Å²) in [5.74, 6) is 0.811. The van der Waals surface area contributed by atoms with E-state index in [9.17, 15) is 4.79 Å². The van der Waals surface area contributed by atoms with Gasteiger partial charge in [0.15, 0.2) is 0 Å². The largest absolute Gasteiger partial charge is 0.496 e. The minimum absolute atomic E-state index is 0.00846. The zero-order chi connectivity index (χ0) is 15.2. The standard InChI is InChI=1S/C17H22N2O2/c1-4-18-11-14-8-9-16(21-3)15(10-14)12-19-13(2)6-5-7-17(19)20/h5-10,18H,4,11-12H2,1-3H3. The second-order valence-corrected chi connectivity index (χ2v) is 5.02. The average Bonchev–Trinajstić information content (AvgIpc) is 2.49. The van der Waals surface area contributed by atoms with Crippen LogP contribution in [0.2, 0.25) is 0 Å². The maximum Gasteiger partial charge on any atom is 0.251 e. The Labute approximate surface area is 125 Å². The number of ether oxygens (including phenoxy) is 1. The monoisotopic (exact) mass is 286 g/mol. The first-order chi connectivity index (χ1) is 10.2. The molecule has 0 aliphatic heterocycles. The molecule has 2 aromatic rings. The van der Waals surface area contributed by atoms with Gasteiger partial charge in [-0.3, -0.25) is 4.79 Å². The molecule has 0 amide bonds. The van der Waals surface area contributed by atoms with E-state index in [0.717, 1.165) is 30.1 Å². The Bertz CT molecular complexity index is 662. The van der Waals surface area contributed by atoms with E-state index in [0.29, 0.717) is 6.54 Å². The summed E-state index contributed by atoms with van der Waals surface area (Å²) in [6, 6.07) is 11.4. The number of benzene rings is 1. The van der Waals surface area contributed by atoms with Crippen molar-refractivity contribution in [3.8, 4) is 5.75 Å². The number of methoxy groups -OCH3 is 1. The van der Waals surface area contributed by atoms with Gasteiger partial charge in [-0.2, -0.15) is 0 Å². The summed E-state index contributed by atoms with van der Waals surface area (Å²) in [5.41, 5.74) is 3.16. The van der Waals surface area contributed by atoms with Gasteiger partial charge in [0.1, 0.15) is 5.75 Å². The lowest BCUT2D eigenvalue weighted by atomic mass is 10.1. The van der Waals surface area contributed by atoms with Crippen molar-refractivity contribution in [2.24, 2.45) is 0 Å². The predicted molar refractivity (Wildman–Crippen MR) is 84.9 cm³/mol. The van der Waals surface area contributed by atoms with E-state index in [-0.39, 0.29) is 5.56 Å². The normalized spacial score (nSPS) is 10.6. The van der Waals surface area contributed by atoms with Crippen molar-refractivity contribution in [2.45, 2.75) is 26.9 Å². The summed E-state index contributed by atoms with van der Waals surface area (Å²) >= 11 is 0. The first-order valence-electron chi connectivity index (χ1n) is 7.18. The van der Waals surface area contributed by atoms with E-state index in [4.69, 9.17) is 4.74 Å². The molecule has 2 rings (SSSR count). The molecule has 0 aliphatic rings. The van der Waals surface area contributed by atoms with E-state index in [1.54, 1.807) is 23.8 Å². The number of nitrogens with one attached hydrogen (secondary N) is 1. The van der Waals surface area contributed by atoms with Gasteiger partial charge >= 0.3 is 0 Å². The average molecular weight is 286 g/mol. The number of nitrogens with zero attached hydrogens (tertiary/aromatic N) is 1. The van der Waals surface area contributed by atoms with Gasteiger partial charge in [0.25, 0.3) is 5.56 Å². The maximum atomic E-state index is 12.0. The molecule has 0 fully saturated rings. The van der Waals surface area contributed by atoms with Gasteiger partial charge in [-0.1, -0.05) is 19.1 Å². The zero-order valence-corrected chi connectivity index (χ0v) is 12.8. The number of aryl methyl sites for hydroxylation is 1. The highest BCUT2D eigenvalue weighted by Crippen LogP contribution is 2.21. The Morgan fingerprint density at radius 1 is 1.24 bits per heavy atom. The predicted octanol–water partition coefficient (Wildman–Crippen LogP) is 2.32. The molecule has 0 atom stereocenters. The lowest BCUT2D eigenvalue weighted by molar-refractivity contribution is 0.407. The molecule has 0 aliphatic carbocycles. The molecule has 4 heteroatoms. The fourth-order valence-corrected chi connectivity index (χ4v) is 2.33. The third-order valence-electron chi connectivity index (χ3n) is 3.52. The lowest BCUT2D eigenvalue weighted by Gasteiger charge is -2.14. The van der Waals surface area contributed by atoms with Crippen LogP contribution in [0, 0.1) is 6.92 Å². The Balaban J connectivity index is 2.35. The molecule has 0 unspecified atom stereocenters. The Kier molecular flexibility index (Phi) is 5.17. The topological polar surface area (TPSA) is 43.3 Å². The lowest BCUT2D eigenvalue weighted by Crippen LogP contribution is -2.22. The summed E-state index contributed by atoms with van der Waals surface area (Å²) in [6.45, 7) is 6.29. The molecule has 112 valence electrons. The molecule has 1 heterocycles. The Hall–Kier alpha value is -2.07. The van der Waals surface area contributed by atoms with Gasteiger partial charge in [0.05, 0.1) is 13.7 Å². The smallest absolute Gasteiger partial charge is 0.251 e. The van der Waals surface area contributed by atoms with Crippen LogP contribution in [-0.2, 0) is 13.1 Å². The molecule has 0 spiro atoms. The molecule has 1 N–H and O–H groups in total. The van der Waals surface area contributed by atoms with Crippen LogP contribution in [0.4, 0.5) is 0 Å². The van der Waals surface area contributed by atoms with E-state index >= 15 is 0 Å². The molecule has 0 saturated carbocycles. The minimum Gasteiger partial charge on any atom is -0.496 e. The Morgan fingerprint density at radius 2 is 2.05 bits per heavy atom. The Morgan fingerprint density at radius 3 is 2.71 bits per heavy atom. The molecule has 1 aromatic heterocycles. The molecule has 4 nitrogen and oxygen atoms in total. The van der Waals surface area contributed by atoms with Crippen molar-refractivity contribution >= 4 is 0 Å². The van der Waals surface area contributed by atoms with E-state index < -0.39 is 0 Å². The van der Waals surface area contributed by atoms with Crippen molar-refractivity contribution < 1.29 is 4.74 Å². The maximum absolute atomic E-state index is 12.0. The van der Waals surface area contributed by atoms with Crippen molar-refractivity contribution in [3.05, 3.63) is 63.6 Å². The number of hydrogen-bond acceptors (Lipinski definition) is 3. The summed E-state index contributed by atoms with van der Waals surface area (Å²) in [4.78, 5) is 12.0. The molecule has 0 radical (unpaired) electrons. The van der Waals surface area contributed by atoms with Crippen molar-refractivity contribution in [3.63, 3.8) is 0 Å². The van der Waals surface area contributed by atoms with Gasteiger partial charge in [-0.25, -0.2) is 0 Å². The second-order valence-electron chi connectivity index (χ2n) is 5.02. The van der Waals surface area contributed by atoms with Crippen LogP contribution in [0.1, 0.15) is 23.7 Å². The second kappa shape index (κ2) is 7.09. The first kappa shape index (κ1) is 15.3. The van der Waals surface area contributed by atoms with Crippen LogP contribution >= 0.6 is 0 Å². The highest BCUT2D eigenvalue weighted by atomic mass is 16.5. The molecule has 0 bridgehead atoms. The first-order valence-corrected chi connectivity index (χ1v) is 7.18. The minimum atomic E-state index is 0.00846. The van der Waals surface area contributed by atoms with Crippen LogP contribution < -0.4 is 15.6 Å². The summed E-state index contributed by atoms with van der Waals surface area (Å²) in [7, 11) is 1.66. The van der Waals surface area contributed by atoms with Crippen molar-refractivity contribution in [2.75, 3.05) is 13.7 Å². The van der Waals surface area contributed by atoms with Crippen LogP contribution in [-0.4, -0.2) is 18.2 Å². The van der Waals surface area contributed by atoms with Gasteiger partial charge in [0.2, 0.25) is 0 Å². The number of rotatable bonds is 6. The number of aromatic nitrogens is 1. The van der Waals surface area contributed by atoms with Crippen molar-refractivity contribution in [1.82, 2.24) is 9.88 Å². The van der Waals surface area contributed by atoms with Crippen LogP contribution in [0.5, 0.6) is 5.75 Å². The quantitative estimate of drug-likeness (QED) is 0.886. The number of pyridine rings is 1. The van der Waals surface area contributed by atoms with E-state index in [1.807, 2.05) is 25.1 Å². The molecule has 1 aromatic carbocycles. The number of hydrogen-bond donors (Lipinski definition) is 1. The van der Waals surface area contributed by atoms with Gasteiger partial charge in [-0.15, -0.1) is 0 Å². The van der Waals surface area contributed by atoms with Gasteiger partial charge in [0, 0.05) is 23.9 Å².